The molecule has 0 aliphatic carbocycles. The van der Waals surface area contributed by atoms with Crippen molar-refractivity contribution < 1.29 is 4.74 Å². The van der Waals surface area contributed by atoms with Crippen LogP contribution in [0.2, 0.25) is 0 Å². The van der Waals surface area contributed by atoms with E-state index in [9.17, 15) is 0 Å². The average Bonchev–Trinajstić information content (AvgIpc) is 2.92. The van der Waals surface area contributed by atoms with Gasteiger partial charge in [0.15, 0.2) is 0 Å². The van der Waals surface area contributed by atoms with Crippen molar-refractivity contribution in [3.8, 4) is 0 Å². The summed E-state index contributed by atoms with van der Waals surface area (Å²) >= 11 is 1.73. The maximum atomic E-state index is 6.28. The highest BCUT2D eigenvalue weighted by atomic mass is 32.1. The fourth-order valence-corrected chi connectivity index (χ4v) is 3.42. The van der Waals surface area contributed by atoms with Crippen molar-refractivity contribution in [2.45, 2.75) is 31.4 Å². The number of hydrogen-bond acceptors (Lipinski definition) is 3. The molecule has 0 fully saturated rings. The van der Waals surface area contributed by atoms with Crippen molar-refractivity contribution in [3.05, 3.63) is 57.8 Å². The van der Waals surface area contributed by atoms with Gasteiger partial charge in [0.05, 0.1) is 12.7 Å². The molecule has 0 saturated heterocycles. The highest BCUT2D eigenvalue weighted by Crippen LogP contribution is 2.30. The zero-order chi connectivity index (χ0) is 13.1. The molecular weight excluding hydrogens is 254 g/mol. The van der Waals surface area contributed by atoms with Crippen LogP contribution in [0.5, 0.6) is 0 Å². The number of thiophene rings is 1. The fraction of sp³-hybridized carbons (Fsp3) is 0.375. The number of ether oxygens (including phenoxy) is 1. The lowest BCUT2D eigenvalue weighted by Crippen LogP contribution is -2.28. The van der Waals surface area contributed by atoms with E-state index in [1.54, 1.807) is 11.3 Å². The lowest BCUT2D eigenvalue weighted by molar-refractivity contribution is 0.0321. The van der Waals surface area contributed by atoms with Crippen LogP contribution in [0.15, 0.2) is 41.1 Å². The summed E-state index contributed by atoms with van der Waals surface area (Å²) in [5.74, 6) is 0. The molecule has 3 rings (SSSR count). The second kappa shape index (κ2) is 5.87. The fourth-order valence-electron chi connectivity index (χ4n) is 2.74. The predicted molar refractivity (Wildman–Crippen MR) is 79.5 cm³/mol. The van der Waals surface area contributed by atoms with Crippen molar-refractivity contribution in [2.24, 2.45) is 5.73 Å². The van der Waals surface area contributed by atoms with Crippen molar-refractivity contribution >= 4 is 11.3 Å². The van der Waals surface area contributed by atoms with Crippen LogP contribution in [-0.4, -0.2) is 12.6 Å². The summed E-state index contributed by atoms with van der Waals surface area (Å²) in [6, 6.07) is 10.9. The van der Waals surface area contributed by atoms with Crippen LogP contribution in [0, 0.1) is 0 Å². The summed E-state index contributed by atoms with van der Waals surface area (Å²) in [5, 5.41) is 4.28. The first-order valence-corrected chi connectivity index (χ1v) is 7.73. The van der Waals surface area contributed by atoms with Crippen molar-refractivity contribution in [2.75, 3.05) is 6.61 Å². The third-order valence-corrected chi connectivity index (χ3v) is 4.42. The topological polar surface area (TPSA) is 35.2 Å². The first-order valence-electron chi connectivity index (χ1n) is 6.79. The normalized spacial score (nSPS) is 19.9. The molecule has 100 valence electrons. The first kappa shape index (κ1) is 12.9. The largest absolute Gasteiger partial charge is 0.373 e. The molecule has 0 saturated carbocycles. The Morgan fingerprint density at radius 1 is 1.32 bits per heavy atom. The molecule has 2 aromatic rings. The van der Waals surface area contributed by atoms with Gasteiger partial charge in [-0.3, -0.25) is 0 Å². The van der Waals surface area contributed by atoms with Crippen LogP contribution in [0.1, 0.15) is 29.2 Å². The summed E-state index contributed by atoms with van der Waals surface area (Å²) in [7, 11) is 0. The van der Waals surface area contributed by atoms with E-state index in [2.05, 4.69) is 41.1 Å². The second-order valence-electron chi connectivity index (χ2n) is 5.14. The molecule has 0 radical (unpaired) electrons. The number of hydrogen-bond donors (Lipinski definition) is 1. The van der Waals surface area contributed by atoms with Gasteiger partial charge in [-0.15, -0.1) is 0 Å². The number of rotatable bonds is 4. The highest BCUT2D eigenvalue weighted by Gasteiger charge is 2.22. The van der Waals surface area contributed by atoms with E-state index >= 15 is 0 Å². The molecule has 1 aromatic heterocycles. The van der Waals surface area contributed by atoms with E-state index in [1.165, 1.54) is 16.7 Å². The smallest absolute Gasteiger partial charge is 0.0842 e. The molecule has 1 aromatic carbocycles. The predicted octanol–water partition coefficient (Wildman–Crippen LogP) is 3.32. The summed E-state index contributed by atoms with van der Waals surface area (Å²) in [6.45, 7) is 0.812. The number of benzene rings is 1. The van der Waals surface area contributed by atoms with Gasteiger partial charge in [0.2, 0.25) is 0 Å². The molecule has 1 aliphatic heterocycles. The van der Waals surface area contributed by atoms with Crippen LogP contribution >= 0.6 is 11.3 Å². The lowest BCUT2D eigenvalue weighted by Gasteiger charge is -2.28. The Kier molecular flexibility index (Phi) is 3.97. The van der Waals surface area contributed by atoms with Crippen LogP contribution in [0.4, 0.5) is 0 Å². The Bertz CT molecular complexity index is 523. The van der Waals surface area contributed by atoms with Gasteiger partial charge in [0.25, 0.3) is 0 Å². The molecule has 0 amide bonds. The minimum Gasteiger partial charge on any atom is -0.373 e. The van der Waals surface area contributed by atoms with Gasteiger partial charge < -0.3 is 10.5 Å². The monoisotopic (exact) mass is 273 g/mol. The zero-order valence-corrected chi connectivity index (χ0v) is 11.7. The summed E-state index contributed by atoms with van der Waals surface area (Å²) in [6.07, 6.45) is 3.02. The summed E-state index contributed by atoms with van der Waals surface area (Å²) in [5.41, 5.74) is 10.4. The second-order valence-corrected chi connectivity index (χ2v) is 5.92. The lowest BCUT2D eigenvalue weighted by atomic mass is 9.92. The molecule has 0 bridgehead atoms. The Morgan fingerprint density at radius 2 is 2.21 bits per heavy atom. The standard InChI is InChI=1S/C16H19NOS/c17-14(9-12-6-8-19-11-12)10-16-15-4-2-1-3-13(15)5-7-18-16/h1-4,6,8,11,14,16H,5,7,9-10,17H2. The van der Waals surface area contributed by atoms with E-state index in [0.717, 1.165) is 25.9 Å². The molecule has 2 N–H and O–H groups in total. The van der Waals surface area contributed by atoms with Gasteiger partial charge in [-0.05, 0) is 52.8 Å². The molecule has 2 atom stereocenters. The highest BCUT2D eigenvalue weighted by molar-refractivity contribution is 7.07. The van der Waals surface area contributed by atoms with Crippen molar-refractivity contribution in [1.82, 2.24) is 0 Å². The van der Waals surface area contributed by atoms with Crippen LogP contribution in [0.3, 0.4) is 0 Å². The number of nitrogens with two attached hydrogens (primary N) is 1. The van der Waals surface area contributed by atoms with Crippen LogP contribution in [0.25, 0.3) is 0 Å². The molecule has 2 unspecified atom stereocenters. The maximum absolute atomic E-state index is 6.28. The molecule has 19 heavy (non-hydrogen) atoms. The molecular formula is C16H19NOS. The molecule has 2 heterocycles. The van der Waals surface area contributed by atoms with E-state index < -0.39 is 0 Å². The van der Waals surface area contributed by atoms with Gasteiger partial charge in [0, 0.05) is 6.04 Å². The van der Waals surface area contributed by atoms with E-state index in [-0.39, 0.29) is 12.1 Å². The van der Waals surface area contributed by atoms with Gasteiger partial charge in [-0.2, -0.15) is 11.3 Å². The molecule has 0 spiro atoms. The molecule has 2 nitrogen and oxygen atoms in total. The minimum absolute atomic E-state index is 0.158. The Morgan fingerprint density at radius 3 is 3.05 bits per heavy atom. The van der Waals surface area contributed by atoms with Gasteiger partial charge in [-0.1, -0.05) is 24.3 Å². The Balaban J connectivity index is 1.67. The van der Waals surface area contributed by atoms with Crippen molar-refractivity contribution in [1.29, 1.82) is 0 Å². The quantitative estimate of drug-likeness (QED) is 0.927. The Labute approximate surface area is 118 Å². The van der Waals surface area contributed by atoms with E-state index in [1.807, 2.05) is 0 Å². The Hall–Kier alpha value is -1.16. The average molecular weight is 273 g/mol. The van der Waals surface area contributed by atoms with E-state index in [0.29, 0.717) is 0 Å². The molecule has 1 aliphatic rings. The van der Waals surface area contributed by atoms with E-state index in [4.69, 9.17) is 10.5 Å². The van der Waals surface area contributed by atoms with Gasteiger partial charge >= 0.3 is 0 Å². The van der Waals surface area contributed by atoms with Gasteiger partial charge in [0.1, 0.15) is 0 Å². The van der Waals surface area contributed by atoms with Crippen molar-refractivity contribution in [3.63, 3.8) is 0 Å². The minimum atomic E-state index is 0.158. The van der Waals surface area contributed by atoms with Gasteiger partial charge in [-0.25, -0.2) is 0 Å². The first-order chi connectivity index (χ1) is 9.33. The third kappa shape index (κ3) is 3.06. The number of fused-ring (bicyclic) bond motifs is 1. The maximum Gasteiger partial charge on any atom is 0.0842 e. The van der Waals surface area contributed by atoms with Crippen LogP contribution in [-0.2, 0) is 17.6 Å². The molecule has 3 heteroatoms. The SMILES string of the molecule is NC(Cc1ccsc1)CC1OCCc2ccccc21. The summed E-state index contributed by atoms with van der Waals surface area (Å²) in [4.78, 5) is 0. The van der Waals surface area contributed by atoms with Crippen LogP contribution < -0.4 is 5.73 Å². The zero-order valence-electron chi connectivity index (χ0n) is 10.9. The third-order valence-electron chi connectivity index (χ3n) is 3.69. The summed E-state index contributed by atoms with van der Waals surface area (Å²) < 4.78 is 5.92.